The SMILES string of the molecule is COc1ccc(N(CC(=O)Nc2cccc(C(F)(F)F)c2)C2=N[C@H]3CS(=O)(=O)C[C@@H]3S2)cc1. The van der Waals surface area contributed by atoms with Crippen LogP contribution in [0.4, 0.5) is 24.5 Å². The number of methoxy groups -OCH3 is 1. The number of thioether (sulfide) groups is 1. The first-order valence-corrected chi connectivity index (χ1v) is 12.6. The Morgan fingerprint density at radius 3 is 2.58 bits per heavy atom. The van der Waals surface area contributed by atoms with Crippen LogP contribution in [0.1, 0.15) is 5.56 Å². The summed E-state index contributed by atoms with van der Waals surface area (Å²) < 4.78 is 67.9. The molecule has 0 saturated carbocycles. The Morgan fingerprint density at radius 1 is 1.21 bits per heavy atom. The first-order chi connectivity index (χ1) is 15.5. The van der Waals surface area contributed by atoms with Gasteiger partial charge in [0.05, 0.1) is 30.2 Å². The van der Waals surface area contributed by atoms with Crippen molar-refractivity contribution in [2.75, 3.05) is 35.4 Å². The molecule has 0 spiro atoms. The average Bonchev–Trinajstić information content (AvgIpc) is 3.25. The number of halogens is 3. The van der Waals surface area contributed by atoms with Crippen molar-refractivity contribution in [2.24, 2.45) is 4.99 Å². The molecule has 4 rings (SSSR count). The molecule has 33 heavy (non-hydrogen) atoms. The van der Waals surface area contributed by atoms with Gasteiger partial charge in [-0.25, -0.2) is 8.42 Å². The maximum absolute atomic E-state index is 13.0. The van der Waals surface area contributed by atoms with Gasteiger partial charge >= 0.3 is 6.18 Å². The van der Waals surface area contributed by atoms with Gasteiger partial charge < -0.3 is 15.0 Å². The number of hydrogen-bond donors (Lipinski definition) is 1. The highest BCUT2D eigenvalue weighted by Crippen LogP contribution is 2.37. The molecule has 0 unspecified atom stereocenters. The van der Waals surface area contributed by atoms with E-state index in [1.165, 1.54) is 31.0 Å². The summed E-state index contributed by atoms with van der Waals surface area (Å²) in [4.78, 5) is 18.9. The number of fused-ring (bicyclic) bond motifs is 1. The average molecular weight is 500 g/mol. The Labute approximate surface area is 192 Å². The van der Waals surface area contributed by atoms with Crippen molar-refractivity contribution in [2.45, 2.75) is 17.5 Å². The highest BCUT2D eigenvalue weighted by atomic mass is 32.2. The lowest BCUT2D eigenvalue weighted by Crippen LogP contribution is -2.36. The number of benzene rings is 2. The third kappa shape index (κ3) is 5.44. The van der Waals surface area contributed by atoms with Gasteiger partial charge in [0, 0.05) is 16.6 Å². The Kier molecular flexibility index (Phi) is 6.32. The molecule has 2 aliphatic rings. The predicted molar refractivity (Wildman–Crippen MR) is 122 cm³/mol. The molecule has 2 atom stereocenters. The molecule has 1 N–H and O–H groups in total. The number of sulfone groups is 1. The van der Waals surface area contributed by atoms with Crippen molar-refractivity contribution in [3.63, 3.8) is 0 Å². The van der Waals surface area contributed by atoms with Gasteiger partial charge in [-0.15, -0.1) is 0 Å². The second-order valence-corrected chi connectivity index (χ2v) is 11.0. The standard InChI is InChI=1S/C21H20F3N3O4S2/c1-31-16-7-5-15(6-8-16)27(20-26-17-11-33(29,30)12-18(17)32-20)10-19(28)25-14-4-2-3-13(9-14)21(22,23)24/h2-9,17-18H,10-12H2,1H3,(H,25,28)/t17-,18-/m0/s1. The fourth-order valence-electron chi connectivity index (χ4n) is 3.62. The molecule has 0 bridgehead atoms. The van der Waals surface area contributed by atoms with E-state index in [-0.39, 0.29) is 35.0 Å². The number of carbonyl (C=O) groups is 1. The van der Waals surface area contributed by atoms with Gasteiger partial charge in [-0.2, -0.15) is 13.2 Å². The highest BCUT2D eigenvalue weighted by Gasteiger charge is 2.44. The second-order valence-electron chi connectivity index (χ2n) is 7.62. The number of alkyl halides is 3. The van der Waals surface area contributed by atoms with Gasteiger partial charge in [-0.1, -0.05) is 17.8 Å². The number of ether oxygens (including phenoxy) is 1. The van der Waals surface area contributed by atoms with Crippen molar-refractivity contribution in [3.8, 4) is 5.75 Å². The normalized spacial score (nSPS) is 21.3. The number of anilines is 2. The molecular weight excluding hydrogens is 479 g/mol. The smallest absolute Gasteiger partial charge is 0.416 e. The van der Waals surface area contributed by atoms with Crippen molar-refractivity contribution in [3.05, 3.63) is 54.1 Å². The van der Waals surface area contributed by atoms with E-state index in [1.54, 1.807) is 29.2 Å². The summed E-state index contributed by atoms with van der Waals surface area (Å²) in [6.45, 7) is -0.222. The molecule has 0 aromatic heterocycles. The first-order valence-electron chi connectivity index (χ1n) is 9.88. The second kappa shape index (κ2) is 8.90. The van der Waals surface area contributed by atoms with Gasteiger partial charge in [0.1, 0.15) is 12.3 Å². The zero-order chi connectivity index (χ0) is 23.8. The molecule has 1 amide bonds. The van der Waals surface area contributed by atoms with Crippen LogP contribution >= 0.6 is 11.8 Å². The minimum Gasteiger partial charge on any atom is -0.497 e. The lowest BCUT2D eigenvalue weighted by atomic mass is 10.2. The Bertz CT molecular complexity index is 1180. The molecular formula is C21H20F3N3O4S2. The van der Waals surface area contributed by atoms with Crippen LogP contribution in [0.25, 0.3) is 0 Å². The maximum Gasteiger partial charge on any atom is 0.416 e. The van der Waals surface area contributed by atoms with Gasteiger partial charge in [0.25, 0.3) is 0 Å². The van der Waals surface area contributed by atoms with E-state index in [9.17, 15) is 26.4 Å². The van der Waals surface area contributed by atoms with E-state index in [0.29, 0.717) is 16.6 Å². The summed E-state index contributed by atoms with van der Waals surface area (Å²) in [6.07, 6.45) is -4.52. The van der Waals surface area contributed by atoms with Crippen molar-refractivity contribution in [1.82, 2.24) is 0 Å². The van der Waals surface area contributed by atoms with E-state index < -0.39 is 27.5 Å². The van der Waals surface area contributed by atoms with Crippen LogP contribution < -0.4 is 15.0 Å². The van der Waals surface area contributed by atoms with E-state index in [0.717, 1.165) is 12.1 Å². The van der Waals surface area contributed by atoms with E-state index in [1.807, 2.05) is 0 Å². The van der Waals surface area contributed by atoms with E-state index >= 15 is 0 Å². The fraction of sp³-hybridized carbons (Fsp3) is 0.333. The van der Waals surface area contributed by atoms with Gasteiger partial charge in [-0.05, 0) is 42.5 Å². The van der Waals surface area contributed by atoms with Crippen LogP contribution in [0.5, 0.6) is 5.75 Å². The molecule has 2 heterocycles. The van der Waals surface area contributed by atoms with Crippen molar-refractivity contribution >= 4 is 44.0 Å². The zero-order valence-corrected chi connectivity index (χ0v) is 19.0. The third-order valence-corrected chi connectivity index (χ3v) is 8.44. The van der Waals surface area contributed by atoms with Crippen molar-refractivity contribution in [1.29, 1.82) is 0 Å². The number of amides is 1. The molecule has 7 nitrogen and oxygen atoms in total. The Morgan fingerprint density at radius 2 is 1.94 bits per heavy atom. The number of carbonyl (C=O) groups excluding carboxylic acids is 1. The van der Waals surface area contributed by atoms with Gasteiger partial charge in [-0.3, -0.25) is 9.79 Å². The van der Waals surface area contributed by atoms with E-state index in [2.05, 4.69) is 10.3 Å². The molecule has 1 fully saturated rings. The van der Waals surface area contributed by atoms with Crippen molar-refractivity contribution < 1.29 is 31.1 Å². The fourth-order valence-corrected chi connectivity index (χ4v) is 7.40. The third-order valence-electron chi connectivity index (χ3n) is 5.20. The monoisotopic (exact) mass is 499 g/mol. The molecule has 2 aromatic rings. The van der Waals surface area contributed by atoms with Crippen LogP contribution in [-0.2, 0) is 20.8 Å². The molecule has 2 aliphatic heterocycles. The predicted octanol–water partition coefficient (Wildman–Crippen LogP) is 3.43. The van der Waals surface area contributed by atoms with Crippen LogP contribution in [0.3, 0.4) is 0 Å². The number of hydrogen-bond acceptors (Lipinski definition) is 7. The summed E-state index contributed by atoms with van der Waals surface area (Å²) >= 11 is 1.29. The summed E-state index contributed by atoms with van der Waals surface area (Å²) in [6, 6.07) is 10.9. The number of nitrogens with one attached hydrogen (secondary N) is 1. The lowest BCUT2D eigenvalue weighted by molar-refractivity contribution is -0.137. The molecule has 2 aromatic carbocycles. The van der Waals surface area contributed by atoms with Crippen LogP contribution in [0.2, 0.25) is 0 Å². The van der Waals surface area contributed by atoms with Gasteiger partial charge in [0.15, 0.2) is 15.0 Å². The maximum atomic E-state index is 13.0. The van der Waals surface area contributed by atoms with Crippen LogP contribution in [0.15, 0.2) is 53.5 Å². The summed E-state index contributed by atoms with van der Waals surface area (Å²) in [5, 5.41) is 2.76. The molecule has 0 radical (unpaired) electrons. The van der Waals surface area contributed by atoms with Crippen LogP contribution in [-0.4, -0.2) is 55.9 Å². The summed E-state index contributed by atoms with van der Waals surface area (Å²) in [7, 11) is -1.62. The first kappa shape index (κ1) is 23.4. The number of nitrogens with zero attached hydrogens (tertiary/aromatic N) is 2. The Balaban J connectivity index is 1.56. The summed E-state index contributed by atoms with van der Waals surface area (Å²) in [5.74, 6) is 0.0396. The quantitative estimate of drug-likeness (QED) is 0.678. The molecule has 1 saturated heterocycles. The number of aliphatic imine (C=N–C) groups is 1. The number of amidine groups is 1. The van der Waals surface area contributed by atoms with E-state index in [4.69, 9.17) is 4.74 Å². The lowest BCUT2D eigenvalue weighted by Gasteiger charge is -2.24. The molecule has 12 heteroatoms. The minimum atomic E-state index is -4.52. The number of rotatable bonds is 5. The molecule has 176 valence electrons. The minimum absolute atomic E-state index is 0.0161. The Hall–Kier alpha value is -2.73. The van der Waals surface area contributed by atoms with Crippen LogP contribution in [0, 0.1) is 0 Å². The van der Waals surface area contributed by atoms with Gasteiger partial charge in [0.2, 0.25) is 5.91 Å². The largest absolute Gasteiger partial charge is 0.497 e. The topological polar surface area (TPSA) is 88.1 Å². The zero-order valence-electron chi connectivity index (χ0n) is 17.4. The summed E-state index contributed by atoms with van der Waals surface area (Å²) in [5.41, 5.74) is -0.227. The molecule has 0 aliphatic carbocycles. The highest BCUT2D eigenvalue weighted by molar-refractivity contribution is 8.15.